The molecule has 3 aromatic carbocycles. The van der Waals surface area contributed by atoms with Crippen LogP contribution in [0.15, 0.2) is 91.0 Å². The molecule has 1 unspecified atom stereocenters. The maximum Gasteiger partial charge on any atom is 0.143 e. The molecule has 3 aromatic rings. The lowest BCUT2D eigenvalue weighted by molar-refractivity contribution is -0.0575. The van der Waals surface area contributed by atoms with Crippen LogP contribution in [0.25, 0.3) is 0 Å². The Hall–Kier alpha value is -2.13. The normalized spacial score (nSPS) is 12.4. The molecule has 0 spiro atoms. The first-order valence-corrected chi connectivity index (χ1v) is 16.8. The molecule has 0 amide bonds. The van der Waals surface area contributed by atoms with Gasteiger partial charge in [-0.15, -0.1) is 11.6 Å². The highest BCUT2D eigenvalue weighted by Gasteiger charge is 2.38. The van der Waals surface area contributed by atoms with Crippen LogP contribution in [0.1, 0.15) is 114 Å². The Morgan fingerprint density at radius 1 is 0.537 bits per heavy atom. The SMILES string of the molecule is CCCCCCCCCCCCCCCCOC(CCl)COC(c1ccccc1)(c1ccccc1)c1ccccc1. The van der Waals surface area contributed by atoms with Crippen LogP contribution in [0, 0.1) is 0 Å². The van der Waals surface area contributed by atoms with Gasteiger partial charge in [0.25, 0.3) is 0 Å². The zero-order chi connectivity index (χ0) is 28.9. The minimum absolute atomic E-state index is 0.158. The number of ether oxygens (including phenoxy) is 2. The van der Waals surface area contributed by atoms with Crippen molar-refractivity contribution in [1.82, 2.24) is 0 Å². The first-order valence-electron chi connectivity index (χ1n) is 16.3. The van der Waals surface area contributed by atoms with Crippen LogP contribution in [0.3, 0.4) is 0 Å². The van der Waals surface area contributed by atoms with E-state index in [0.29, 0.717) is 12.5 Å². The second kappa shape index (κ2) is 20.7. The van der Waals surface area contributed by atoms with Crippen LogP contribution in [-0.2, 0) is 15.1 Å². The van der Waals surface area contributed by atoms with Crippen LogP contribution >= 0.6 is 11.6 Å². The summed E-state index contributed by atoms with van der Waals surface area (Å²) in [5.74, 6) is 0.410. The number of rotatable bonds is 23. The van der Waals surface area contributed by atoms with Gasteiger partial charge in [0, 0.05) is 6.61 Å². The topological polar surface area (TPSA) is 18.5 Å². The molecule has 1 atom stereocenters. The highest BCUT2D eigenvalue weighted by atomic mass is 35.5. The van der Waals surface area contributed by atoms with Crippen LogP contribution in [0.2, 0.25) is 0 Å². The third kappa shape index (κ3) is 11.6. The highest BCUT2D eigenvalue weighted by molar-refractivity contribution is 6.18. The number of halogens is 1. The average Bonchev–Trinajstić information content (AvgIpc) is 3.03. The number of hydrogen-bond donors (Lipinski definition) is 0. The number of hydrogen-bond acceptors (Lipinski definition) is 2. The molecular weight excluding hydrogens is 524 g/mol. The fourth-order valence-electron chi connectivity index (χ4n) is 5.67. The molecular formula is C38H53ClO2. The minimum Gasteiger partial charge on any atom is -0.375 e. The third-order valence-electron chi connectivity index (χ3n) is 8.05. The Balaban J connectivity index is 1.43. The van der Waals surface area contributed by atoms with Crippen LogP contribution in [0.5, 0.6) is 0 Å². The largest absolute Gasteiger partial charge is 0.375 e. The monoisotopic (exact) mass is 576 g/mol. The Labute approximate surface area is 255 Å². The van der Waals surface area contributed by atoms with Crippen molar-refractivity contribution in [2.45, 2.75) is 109 Å². The van der Waals surface area contributed by atoms with E-state index in [1.54, 1.807) is 0 Å². The molecule has 224 valence electrons. The smallest absolute Gasteiger partial charge is 0.143 e. The predicted molar refractivity (Wildman–Crippen MR) is 176 cm³/mol. The molecule has 0 bridgehead atoms. The van der Waals surface area contributed by atoms with Gasteiger partial charge in [-0.05, 0) is 23.1 Å². The Bertz CT molecular complexity index is 912. The Kier molecular flexibility index (Phi) is 16.8. The average molecular weight is 577 g/mol. The van der Waals surface area contributed by atoms with E-state index < -0.39 is 5.60 Å². The van der Waals surface area contributed by atoms with Gasteiger partial charge in [-0.2, -0.15) is 0 Å². The van der Waals surface area contributed by atoms with Gasteiger partial charge in [-0.25, -0.2) is 0 Å². The van der Waals surface area contributed by atoms with Crippen molar-refractivity contribution in [3.63, 3.8) is 0 Å². The Morgan fingerprint density at radius 3 is 1.27 bits per heavy atom. The molecule has 0 N–H and O–H groups in total. The minimum atomic E-state index is -0.744. The second-order valence-corrected chi connectivity index (χ2v) is 11.6. The molecule has 0 saturated carbocycles. The van der Waals surface area contributed by atoms with E-state index in [9.17, 15) is 0 Å². The molecule has 0 aromatic heterocycles. The first kappa shape index (κ1) is 33.4. The molecule has 41 heavy (non-hydrogen) atoms. The van der Waals surface area contributed by atoms with E-state index in [0.717, 1.165) is 29.7 Å². The van der Waals surface area contributed by atoms with Crippen molar-refractivity contribution in [1.29, 1.82) is 0 Å². The molecule has 0 saturated heterocycles. The quantitative estimate of drug-likeness (QED) is 0.0634. The van der Waals surface area contributed by atoms with E-state index in [4.69, 9.17) is 21.1 Å². The summed E-state index contributed by atoms with van der Waals surface area (Å²) in [6.45, 7) is 3.43. The predicted octanol–water partition coefficient (Wildman–Crippen LogP) is 11.1. The van der Waals surface area contributed by atoms with Gasteiger partial charge in [0.1, 0.15) is 5.60 Å². The second-order valence-electron chi connectivity index (χ2n) is 11.3. The lowest BCUT2D eigenvalue weighted by Crippen LogP contribution is -2.37. The molecule has 0 fully saturated rings. The van der Waals surface area contributed by atoms with E-state index in [-0.39, 0.29) is 6.10 Å². The van der Waals surface area contributed by atoms with Crippen LogP contribution in [0.4, 0.5) is 0 Å². The number of alkyl halides is 1. The molecule has 0 aliphatic heterocycles. The highest BCUT2D eigenvalue weighted by Crippen LogP contribution is 2.40. The standard InChI is InChI=1S/C38H53ClO2/c1-2-3-4-5-6-7-8-9-10-11-12-13-14-24-31-40-37(32-39)33-41-38(34-25-18-15-19-26-34,35-27-20-16-21-28-35)36-29-22-17-23-30-36/h15-23,25-30,37H,2-14,24,31-33H2,1H3. The summed E-state index contributed by atoms with van der Waals surface area (Å²) in [6.07, 6.45) is 18.8. The number of unbranched alkanes of at least 4 members (excludes halogenated alkanes) is 13. The first-order chi connectivity index (χ1) is 20.3. The van der Waals surface area contributed by atoms with E-state index in [1.807, 2.05) is 18.2 Å². The zero-order valence-corrected chi connectivity index (χ0v) is 26.2. The molecule has 2 nitrogen and oxygen atoms in total. The summed E-state index contributed by atoms with van der Waals surface area (Å²) in [4.78, 5) is 0. The summed E-state index contributed by atoms with van der Waals surface area (Å²) in [5, 5.41) is 0. The van der Waals surface area contributed by atoms with Crippen LogP contribution in [-0.4, -0.2) is 25.2 Å². The van der Waals surface area contributed by atoms with Gasteiger partial charge in [0.15, 0.2) is 0 Å². The van der Waals surface area contributed by atoms with Gasteiger partial charge >= 0.3 is 0 Å². The maximum absolute atomic E-state index is 6.91. The lowest BCUT2D eigenvalue weighted by atomic mass is 9.80. The fourth-order valence-corrected chi connectivity index (χ4v) is 5.85. The van der Waals surface area contributed by atoms with Crippen molar-refractivity contribution in [3.8, 4) is 0 Å². The van der Waals surface area contributed by atoms with Gasteiger partial charge in [0.2, 0.25) is 0 Å². The van der Waals surface area contributed by atoms with Gasteiger partial charge in [-0.1, -0.05) is 181 Å². The number of benzene rings is 3. The van der Waals surface area contributed by atoms with E-state index >= 15 is 0 Å². The Morgan fingerprint density at radius 2 is 0.902 bits per heavy atom. The summed E-state index contributed by atoms with van der Waals surface area (Å²) in [6, 6.07) is 31.4. The molecule has 3 rings (SSSR count). The van der Waals surface area contributed by atoms with Crippen molar-refractivity contribution < 1.29 is 9.47 Å². The van der Waals surface area contributed by atoms with Crippen molar-refractivity contribution >= 4 is 11.6 Å². The summed E-state index contributed by atoms with van der Waals surface area (Å²) >= 11 is 6.39. The summed E-state index contributed by atoms with van der Waals surface area (Å²) in [7, 11) is 0. The fraction of sp³-hybridized carbons (Fsp3) is 0.526. The van der Waals surface area contributed by atoms with Crippen LogP contribution < -0.4 is 0 Å². The van der Waals surface area contributed by atoms with E-state index in [2.05, 4.69) is 79.7 Å². The maximum atomic E-state index is 6.91. The molecule has 0 aliphatic carbocycles. The molecule has 0 heterocycles. The molecule has 0 radical (unpaired) electrons. The van der Waals surface area contributed by atoms with Gasteiger partial charge in [-0.3, -0.25) is 0 Å². The molecule has 3 heteroatoms. The van der Waals surface area contributed by atoms with Gasteiger partial charge < -0.3 is 9.47 Å². The summed E-state index contributed by atoms with van der Waals surface area (Å²) in [5.41, 5.74) is 2.54. The van der Waals surface area contributed by atoms with E-state index in [1.165, 1.54) is 83.5 Å². The summed E-state index contributed by atoms with van der Waals surface area (Å²) < 4.78 is 13.2. The third-order valence-corrected chi connectivity index (χ3v) is 8.39. The van der Waals surface area contributed by atoms with Crippen molar-refractivity contribution in [3.05, 3.63) is 108 Å². The van der Waals surface area contributed by atoms with Crippen molar-refractivity contribution in [2.24, 2.45) is 0 Å². The molecule has 0 aliphatic rings. The van der Waals surface area contributed by atoms with Crippen molar-refractivity contribution in [2.75, 3.05) is 19.1 Å². The zero-order valence-electron chi connectivity index (χ0n) is 25.5. The van der Waals surface area contributed by atoms with Gasteiger partial charge in [0.05, 0.1) is 18.6 Å². The lowest BCUT2D eigenvalue weighted by Gasteiger charge is -2.37.